The van der Waals surface area contributed by atoms with Crippen LogP contribution >= 0.6 is 0 Å². The van der Waals surface area contributed by atoms with Gasteiger partial charge in [0.25, 0.3) is 0 Å². The first kappa shape index (κ1) is 20.3. The van der Waals surface area contributed by atoms with Crippen molar-refractivity contribution >= 4 is 11.7 Å². The van der Waals surface area contributed by atoms with E-state index in [-0.39, 0.29) is 11.8 Å². The van der Waals surface area contributed by atoms with E-state index in [1.807, 2.05) is 30.3 Å². The highest BCUT2D eigenvalue weighted by Crippen LogP contribution is 2.26. The summed E-state index contributed by atoms with van der Waals surface area (Å²) in [6, 6.07) is 12.2. The van der Waals surface area contributed by atoms with Gasteiger partial charge in [0, 0.05) is 43.2 Å². The number of carbonyl (C=O) groups excluding carboxylic acids is 1. The average molecular weight is 381 g/mol. The van der Waals surface area contributed by atoms with Gasteiger partial charge in [-0.25, -0.2) is 9.97 Å². The van der Waals surface area contributed by atoms with Crippen LogP contribution in [0.1, 0.15) is 69.5 Å². The molecule has 0 aliphatic carbocycles. The fourth-order valence-electron chi connectivity index (χ4n) is 3.49. The number of nitrogens with zero attached hydrogens (tertiary/aromatic N) is 3. The average Bonchev–Trinajstić information content (AvgIpc) is 2.72. The molecule has 5 nitrogen and oxygen atoms in total. The molecule has 3 rings (SSSR count). The van der Waals surface area contributed by atoms with Crippen molar-refractivity contribution in [1.82, 2.24) is 15.3 Å². The van der Waals surface area contributed by atoms with E-state index in [1.165, 1.54) is 0 Å². The monoisotopic (exact) mass is 380 g/mol. The predicted octanol–water partition coefficient (Wildman–Crippen LogP) is 4.26. The molecule has 1 aromatic heterocycles. The van der Waals surface area contributed by atoms with Gasteiger partial charge in [-0.3, -0.25) is 4.79 Å². The molecule has 1 aliphatic rings. The maximum atomic E-state index is 12.5. The quantitative estimate of drug-likeness (QED) is 0.814. The van der Waals surface area contributed by atoms with E-state index in [4.69, 9.17) is 9.97 Å². The number of benzene rings is 1. The Morgan fingerprint density at radius 2 is 1.75 bits per heavy atom. The Labute approximate surface area is 168 Å². The number of hydrogen-bond donors (Lipinski definition) is 1. The molecule has 28 heavy (non-hydrogen) atoms. The van der Waals surface area contributed by atoms with Crippen molar-refractivity contribution in [3.05, 3.63) is 53.5 Å². The lowest BCUT2D eigenvalue weighted by Gasteiger charge is -2.32. The second-order valence-corrected chi connectivity index (χ2v) is 8.28. The molecule has 1 saturated heterocycles. The maximum Gasteiger partial charge on any atom is 0.223 e. The third-order valence-corrected chi connectivity index (χ3v) is 5.36. The zero-order chi connectivity index (χ0) is 20.1. The lowest BCUT2D eigenvalue weighted by atomic mass is 9.95. The molecule has 1 aromatic carbocycles. The zero-order valence-electron chi connectivity index (χ0n) is 17.5. The van der Waals surface area contributed by atoms with Gasteiger partial charge in [0.05, 0.1) is 0 Å². The fraction of sp³-hybridized carbons (Fsp3) is 0.522. The van der Waals surface area contributed by atoms with Crippen LogP contribution in [0.4, 0.5) is 5.82 Å². The molecule has 1 aliphatic heterocycles. The second kappa shape index (κ2) is 9.18. The molecule has 0 atom stereocenters. The summed E-state index contributed by atoms with van der Waals surface area (Å²) in [6.07, 6.45) is 1.72. The van der Waals surface area contributed by atoms with Crippen LogP contribution in [0.2, 0.25) is 0 Å². The first-order valence-electron chi connectivity index (χ1n) is 10.4. The van der Waals surface area contributed by atoms with Crippen LogP contribution in [0, 0.1) is 5.92 Å². The van der Waals surface area contributed by atoms with Crippen LogP contribution in [0.15, 0.2) is 36.4 Å². The van der Waals surface area contributed by atoms with Crippen molar-refractivity contribution in [3.8, 4) is 0 Å². The molecule has 0 bridgehead atoms. The van der Waals surface area contributed by atoms with Crippen molar-refractivity contribution in [2.45, 2.75) is 58.9 Å². The normalized spacial score (nSPS) is 15.3. The minimum atomic E-state index is 0.0796. The van der Waals surface area contributed by atoms with E-state index in [0.717, 1.165) is 48.8 Å². The highest BCUT2D eigenvalue weighted by molar-refractivity contribution is 5.79. The SMILES string of the molecule is CC(C)c1cc(N2CCC(C(=O)NCc3ccccc3)CC2)nc(C(C)C)n1. The van der Waals surface area contributed by atoms with Gasteiger partial charge in [0.2, 0.25) is 5.91 Å². The summed E-state index contributed by atoms with van der Waals surface area (Å²) in [5.74, 6) is 2.83. The lowest BCUT2D eigenvalue weighted by Crippen LogP contribution is -2.40. The molecule has 1 N–H and O–H groups in total. The highest BCUT2D eigenvalue weighted by Gasteiger charge is 2.26. The number of rotatable bonds is 6. The van der Waals surface area contributed by atoms with Gasteiger partial charge in [0.15, 0.2) is 0 Å². The smallest absolute Gasteiger partial charge is 0.223 e. The molecular weight excluding hydrogens is 348 g/mol. The number of carbonyl (C=O) groups is 1. The van der Waals surface area contributed by atoms with Crippen LogP contribution in [0.5, 0.6) is 0 Å². The molecule has 0 radical (unpaired) electrons. The van der Waals surface area contributed by atoms with Gasteiger partial charge in [-0.15, -0.1) is 0 Å². The fourth-order valence-corrected chi connectivity index (χ4v) is 3.49. The van der Waals surface area contributed by atoms with Gasteiger partial charge in [-0.05, 0) is 24.3 Å². The van der Waals surface area contributed by atoms with E-state index in [1.54, 1.807) is 0 Å². The number of aromatic nitrogens is 2. The number of nitrogens with one attached hydrogen (secondary N) is 1. The maximum absolute atomic E-state index is 12.5. The summed E-state index contributed by atoms with van der Waals surface area (Å²) >= 11 is 0. The molecule has 150 valence electrons. The minimum absolute atomic E-state index is 0.0796. The summed E-state index contributed by atoms with van der Waals surface area (Å²) in [6.45, 7) is 10.9. The third-order valence-electron chi connectivity index (χ3n) is 5.36. The molecule has 1 fully saturated rings. The number of hydrogen-bond acceptors (Lipinski definition) is 4. The first-order chi connectivity index (χ1) is 13.4. The summed E-state index contributed by atoms with van der Waals surface area (Å²) < 4.78 is 0. The standard InChI is InChI=1S/C23H32N4O/c1-16(2)20-14-21(26-22(25-20)17(3)4)27-12-10-19(11-13-27)23(28)24-15-18-8-6-5-7-9-18/h5-9,14,16-17,19H,10-13,15H2,1-4H3,(H,24,28). The Morgan fingerprint density at radius 3 is 2.36 bits per heavy atom. The second-order valence-electron chi connectivity index (χ2n) is 8.28. The van der Waals surface area contributed by atoms with Gasteiger partial charge in [-0.2, -0.15) is 0 Å². The largest absolute Gasteiger partial charge is 0.356 e. The number of anilines is 1. The summed E-state index contributed by atoms with van der Waals surface area (Å²) in [4.78, 5) is 24.4. The minimum Gasteiger partial charge on any atom is -0.356 e. The summed E-state index contributed by atoms with van der Waals surface area (Å²) in [5.41, 5.74) is 2.23. The van der Waals surface area contributed by atoms with E-state index in [9.17, 15) is 4.79 Å². The van der Waals surface area contributed by atoms with Gasteiger partial charge < -0.3 is 10.2 Å². The molecule has 0 saturated carbocycles. The van der Waals surface area contributed by atoms with Gasteiger partial charge in [-0.1, -0.05) is 58.0 Å². The Balaban J connectivity index is 1.59. The van der Waals surface area contributed by atoms with Crippen LogP contribution in [-0.2, 0) is 11.3 Å². The van der Waals surface area contributed by atoms with Crippen LogP contribution in [0.3, 0.4) is 0 Å². The highest BCUT2D eigenvalue weighted by atomic mass is 16.1. The molecule has 5 heteroatoms. The van der Waals surface area contributed by atoms with Crippen LogP contribution < -0.4 is 10.2 Å². The van der Waals surface area contributed by atoms with Gasteiger partial charge in [0.1, 0.15) is 11.6 Å². The van der Waals surface area contributed by atoms with Crippen LogP contribution in [0.25, 0.3) is 0 Å². The van der Waals surface area contributed by atoms with E-state index in [0.29, 0.717) is 18.4 Å². The van der Waals surface area contributed by atoms with Crippen molar-refractivity contribution in [3.63, 3.8) is 0 Å². The van der Waals surface area contributed by atoms with E-state index >= 15 is 0 Å². The van der Waals surface area contributed by atoms with Crippen molar-refractivity contribution in [1.29, 1.82) is 0 Å². The Bertz CT molecular complexity index is 754. The third kappa shape index (κ3) is 5.09. The van der Waals surface area contributed by atoms with E-state index in [2.05, 4.69) is 44.0 Å². The Hall–Kier alpha value is -2.43. The summed E-state index contributed by atoms with van der Waals surface area (Å²) in [7, 11) is 0. The molecule has 2 aromatic rings. The Morgan fingerprint density at radius 1 is 1.07 bits per heavy atom. The lowest BCUT2D eigenvalue weighted by molar-refractivity contribution is -0.125. The molecule has 0 unspecified atom stereocenters. The molecule has 0 spiro atoms. The molecule has 2 heterocycles. The van der Waals surface area contributed by atoms with Crippen molar-refractivity contribution in [2.24, 2.45) is 5.92 Å². The van der Waals surface area contributed by atoms with Crippen LogP contribution in [-0.4, -0.2) is 29.0 Å². The summed E-state index contributed by atoms with van der Waals surface area (Å²) in [5, 5.41) is 3.09. The predicted molar refractivity (Wildman–Crippen MR) is 113 cm³/mol. The molecule has 1 amide bonds. The molecular formula is C23H32N4O. The van der Waals surface area contributed by atoms with Gasteiger partial charge >= 0.3 is 0 Å². The number of amides is 1. The Kier molecular flexibility index (Phi) is 6.65. The number of piperidine rings is 1. The zero-order valence-corrected chi connectivity index (χ0v) is 17.5. The van der Waals surface area contributed by atoms with Crippen molar-refractivity contribution < 1.29 is 4.79 Å². The van der Waals surface area contributed by atoms with E-state index < -0.39 is 0 Å². The topological polar surface area (TPSA) is 58.1 Å². The first-order valence-corrected chi connectivity index (χ1v) is 10.4. The van der Waals surface area contributed by atoms with Crippen molar-refractivity contribution in [2.75, 3.05) is 18.0 Å².